The van der Waals surface area contributed by atoms with Gasteiger partial charge in [0.2, 0.25) is 5.88 Å². The number of anilines is 1. The van der Waals surface area contributed by atoms with Crippen LogP contribution in [0.4, 0.5) is 5.69 Å². The zero-order valence-corrected chi connectivity index (χ0v) is 19.5. The third-order valence-electron chi connectivity index (χ3n) is 5.67. The highest BCUT2D eigenvalue weighted by molar-refractivity contribution is 7.86. The van der Waals surface area contributed by atoms with Crippen molar-refractivity contribution >= 4 is 22.3 Å². The summed E-state index contributed by atoms with van der Waals surface area (Å²) in [7, 11) is -0.0402. The first-order chi connectivity index (χ1) is 17.2. The minimum atomic E-state index is -1.57. The molecule has 4 aromatic heterocycles. The topological polar surface area (TPSA) is 108 Å². The number of fused-ring (bicyclic) bond motifs is 9. The summed E-state index contributed by atoms with van der Waals surface area (Å²) in [5, 5.41) is 4.48. The number of methoxy groups -OCH3 is 1. The van der Waals surface area contributed by atoms with Gasteiger partial charge in [-0.3, -0.25) is 13.8 Å². The molecule has 0 radical (unpaired) electrons. The van der Waals surface area contributed by atoms with Gasteiger partial charge in [-0.25, -0.2) is 14.2 Å². The van der Waals surface area contributed by atoms with Gasteiger partial charge in [-0.15, -0.1) is 0 Å². The lowest BCUT2D eigenvalue weighted by Crippen LogP contribution is -2.23. The van der Waals surface area contributed by atoms with Crippen molar-refractivity contribution in [2.45, 2.75) is 11.4 Å². The summed E-state index contributed by atoms with van der Waals surface area (Å²) in [6.45, 7) is 1.13. The molecular formula is C24H21N7O3S. The summed E-state index contributed by atoms with van der Waals surface area (Å²) < 4.78 is 25.4. The highest BCUT2D eigenvalue weighted by atomic mass is 32.2. The Bertz CT molecular complexity index is 1560. The average molecular weight is 488 g/mol. The number of pyridine rings is 2. The molecule has 6 rings (SSSR count). The molecule has 5 aromatic rings. The van der Waals surface area contributed by atoms with Crippen LogP contribution in [0.25, 0.3) is 28.0 Å². The second-order valence-electron chi connectivity index (χ2n) is 7.90. The number of nitrogens with one attached hydrogen (secondary N) is 2. The van der Waals surface area contributed by atoms with Crippen molar-refractivity contribution in [3.63, 3.8) is 0 Å². The number of imidazole rings is 1. The second kappa shape index (κ2) is 8.85. The molecule has 0 amide bonds. The Hall–Kier alpha value is -4.22. The molecule has 0 fully saturated rings. The van der Waals surface area contributed by atoms with Crippen LogP contribution in [-0.4, -0.2) is 42.0 Å². The van der Waals surface area contributed by atoms with E-state index in [2.05, 4.69) is 25.3 Å². The standard InChI is InChI=1S/C24H21N7O3S/c1-33-24-21-9-17(11-26-24)16-5-6-23-25-13-22(31(23)15-16)18-12-27-30(14-18)8-7-28-34-19-3-2-4-20(10-19)35(32)29-21/h2-6,9-15,28-29H,7-8H2,1H3. The van der Waals surface area contributed by atoms with Crippen LogP contribution in [0.5, 0.6) is 11.6 Å². The molecule has 1 aliphatic rings. The Morgan fingerprint density at radius 3 is 2.89 bits per heavy atom. The van der Waals surface area contributed by atoms with Crippen molar-refractivity contribution in [1.29, 1.82) is 0 Å². The van der Waals surface area contributed by atoms with Crippen LogP contribution in [0.15, 0.2) is 78.3 Å². The molecule has 0 saturated heterocycles. The average Bonchev–Trinajstić information content (AvgIpc) is 3.52. The maximum atomic E-state index is 13.1. The summed E-state index contributed by atoms with van der Waals surface area (Å²) in [5.74, 6) is 0.895. The van der Waals surface area contributed by atoms with E-state index in [1.165, 1.54) is 7.11 Å². The van der Waals surface area contributed by atoms with Gasteiger partial charge in [-0.2, -0.15) is 10.6 Å². The molecule has 2 N–H and O–H groups in total. The van der Waals surface area contributed by atoms with Crippen molar-refractivity contribution in [1.82, 2.24) is 29.6 Å². The van der Waals surface area contributed by atoms with E-state index in [4.69, 9.17) is 9.57 Å². The fraction of sp³-hybridized carbons (Fsp3) is 0.125. The van der Waals surface area contributed by atoms with Crippen molar-refractivity contribution < 1.29 is 13.8 Å². The molecule has 10 nitrogen and oxygen atoms in total. The molecule has 0 saturated carbocycles. The number of hydroxylamine groups is 1. The van der Waals surface area contributed by atoms with E-state index in [9.17, 15) is 4.21 Å². The van der Waals surface area contributed by atoms with Crippen LogP contribution in [0.2, 0.25) is 0 Å². The van der Waals surface area contributed by atoms with Gasteiger partial charge in [0.1, 0.15) is 17.1 Å². The maximum absolute atomic E-state index is 13.1. The Kier molecular flexibility index (Phi) is 5.39. The number of ether oxygens (including phenoxy) is 1. The summed E-state index contributed by atoms with van der Waals surface area (Å²) in [6, 6.07) is 12.9. The quantitative estimate of drug-likeness (QED) is 0.374. The normalized spacial score (nSPS) is 15.5. The lowest BCUT2D eigenvalue weighted by atomic mass is 10.1. The fourth-order valence-electron chi connectivity index (χ4n) is 3.94. The third kappa shape index (κ3) is 4.11. The monoisotopic (exact) mass is 487 g/mol. The highest BCUT2D eigenvalue weighted by Gasteiger charge is 2.15. The van der Waals surface area contributed by atoms with E-state index in [1.807, 2.05) is 52.1 Å². The lowest BCUT2D eigenvalue weighted by molar-refractivity contribution is 0.189. The van der Waals surface area contributed by atoms with E-state index >= 15 is 0 Å². The lowest BCUT2D eigenvalue weighted by Gasteiger charge is -2.13. The Balaban J connectivity index is 1.48. The zero-order chi connectivity index (χ0) is 23.8. The first-order valence-electron chi connectivity index (χ1n) is 10.9. The van der Waals surface area contributed by atoms with Crippen LogP contribution in [-0.2, 0) is 17.5 Å². The molecule has 0 aliphatic carbocycles. The minimum absolute atomic E-state index is 0.346. The second-order valence-corrected chi connectivity index (χ2v) is 9.12. The largest absolute Gasteiger partial charge is 0.480 e. The summed E-state index contributed by atoms with van der Waals surface area (Å²) >= 11 is 0. The number of rotatable bonds is 1. The predicted octanol–water partition coefficient (Wildman–Crippen LogP) is 3.30. The van der Waals surface area contributed by atoms with Crippen LogP contribution in [0, 0.1) is 0 Å². The van der Waals surface area contributed by atoms with Crippen molar-refractivity contribution in [3.8, 4) is 34.0 Å². The molecule has 1 aromatic carbocycles. The summed E-state index contributed by atoms with van der Waals surface area (Å²) in [5.41, 5.74) is 7.90. The maximum Gasteiger partial charge on any atom is 0.238 e. The van der Waals surface area contributed by atoms with E-state index in [0.29, 0.717) is 35.3 Å². The van der Waals surface area contributed by atoms with Crippen molar-refractivity contribution in [2.75, 3.05) is 18.4 Å². The number of hydrogen-bond acceptors (Lipinski definition) is 7. The Labute approximate surface area is 203 Å². The highest BCUT2D eigenvalue weighted by Crippen LogP contribution is 2.31. The van der Waals surface area contributed by atoms with Gasteiger partial charge in [0.15, 0.2) is 11.0 Å². The molecule has 1 unspecified atom stereocenters. The van der Waals surface area contributed by atoms with Gasteiger partial charge < -0.3 is 9.57 Å². The fourth-order valence-corrected chi connectivity index (χ4v) is 4.82. The molecular weight excluding hydrogens is 466 g/mol. The smallest absolute Gasteiger partial charge is 0.238 e. The number of hydrogen-bond donors (Lipinski definition) is 2. The van der Waals surface area contributed by atoms with E-state index < -0.39 is 11.0 Å². The van der Waals surface area contributed by atoms with Crippen LogP contribution >= 0.6 is 0 Å². The Morgan fingerprint density at radius 2 is 1.97 bits per heavy atom. The van der Waals surface area contributed by atoms with Crippen LogP contribution in [0.1, 0.15) is 0 Å². The Morgan fingerprint density at radius 1 is 1.03 bits per heavy atom. The molecule has 8 bridgehead atoms. The van der Waals surface area contributed by atoms with Gasteiger partial charge in [0, 0.05) is 41.3 Å². The van der Waals surface area contributed by atoms with Gasteiger partial charge in [-0.05, 0) is 30.3 Å². The molecule has 11 heteroatoms. The minimum Gasteiger partial charge on any atom is -0.480 e. The van der Waals surface area contributed by atoms with Crippen molar-refractivity contribution in [2.24, 2.45) is 0 Å². The van der Waals surface area contributed by atoms with Gasteiger partial charge in [-0.1, -0.05) is 6.07 Å². The zero-order valence-electron chi connectivity index (χ0n) is 18.7. The van der Waals surface area contributed by atoms with Crippen LogP contribution in [0.3, 0.4) is 0 Å². The van der Waals surface area contributed by atoms with E-state index in [1.54, 1.807) is 30.5 Å². The molecule has 5 heterocycles. The summed E-state index contributed by atoms with van der Waals surface area (Å²) in [4.78, 5) is 15.2. The van der Waals surface area contributed by atoms with Gasteiger partial charge in [0.25, 0.3) is 0 Å². The van der Waals surface area contributed by atoms with Crippen molar-refractivity contribution in [3.05, 3.63) is 73.4 Å². The first-order valence-corrected chi connectivity index (χ1v) is 12.1. The number of benzene rings is 1. The molecule has 1 aliphatic heterocycles. The van der Waals surface area contributed by atoms with Crippen LogP contribution < -0.4 is 19.8 Å². The molecule has 1 atom stereocenters. The van der Waals surface area contributed by atoms with Gasteiger partial charge >= 0.3 is 0 Å². The summed E-state index contributed by atoms with van der Waals surface area (Å²) in [6.07, 6.45) is 9.37. The predicted molar refractivity (Wildman–Crippen MR) is 131 cm³/mol. The van der Waals surface area contributed by atoms with Gasteiger partial charge in [0.05, 0.1) is 43.2 Å². The molecule has 35 heavy (non-hydrogen) atoms. The first kappa shape index (κ1) is 21.3. The SMILES string of the molecule is COc1ncc2cc1NS(=O)c1cccc(c1)ONCCn1cc(cn1)-c1cnc3ccc-2cn13. The third-order valence-corrected chi connectivity index (χ3v) is 6.76. The number of nitrogens with zero attached hydrogens (tertiary/aromatic N) is 5. The molecule has 0 spiro atoms. The van der Waals surface area contributed by atoms with E-state index in [-0.39, 0.29) is 0 Å². The van der Waals surface area contributed by atoms with E-state index in [0.717, 1.165) is 28.0 Å². The number of aromatic nitrogens is 5. The molecule has 176 valence electrons.